The number of nitrogens with zero attached hydrogens (tertiary/aromatic N) is 1. The van der Waals surface area contributed by atoms with Crippen molar-refractivity contribution in [1.29, 1.82) is 0 Å². The second-order valence-corrected chi connectivity index (χ2v) is 5.84. The van der Waals surface area contributed by atoms with E-state index < -0.39 is 0 Å². The van der Waals surface area contributed by atoms with Gasteiger partial charge in [0.2, 0.25) is 0 Å². The highest BCUT2D eigenvalue weighted by molar-refractivity contribution is 5.35. The number of nitrogens with one attached hydrogen (secondary N) is 1. The predicted molar refractivity (Wildman–Crippen MR) is 82.1 cm³/mol. The molecule has 0 aliphatic heterocycles. The van der Waals surface area contributed by atoms with Crippen molar-refractivity contribution in [3.8, 4) is 0 Å². The summed E-state index contributed by atoms with van der Waals surface area (Å²) in [6.45, 7) is 2.33. The third-order valence-electron chi connectivity index (χ3n) is 4.37. The smallest absolute Gasteiger partial charge is 0.269 e. The van der Waals surface area contributed by atoms with Gasteiger partial charge >= 0.3 is 0 Å². The van der Waals surface area contributed by atoms with Gasteiger partial charge in [0.1, 0.15) is 0 Å². The van der Waals surface area contributed by atoms with Crippen LogP contribution < -0.4 is 5.32 Å². The van der Waals surface area contributed by atoms with Crippen molar-refractivity contribution in [1.82, 2.24) is 5.32 Å². The zero-order valence-corrected chi connectivity index (χ0v) is 12.5. The molecular weight excluding hydrogens is 268 g/mol. The number of hydrogen-bond donors (Lipinski definition) is 2. The number of rotatable bonds is 7. The largest absolute Gasteiger partial charge is 0.396 e. The molecule has 0 aromatic heterocycles. The highest BCUT2D eigenvalue weighted by atomic mass is 16.6. The molecule has 1 aliphatic rings. The molecule has 0 saturated heterocycles. The Bertz CT molecular complexity index is 478. The maximum atomic E-state index is 10.9. The molecule has 1 aromatic rings. The van der Waals surface area contributed by atoms with E-state index in [-0.39, 0.29) is 23.3 Å². The molecule has 21 heavy (non-hydrogen) atoms. The molecular formula is C16H24N2O3. The average molecular weight is 292 g/mol. The molecule has 0 radical (unpaired) electrons. The van der Waals surface area contributed by atoms with Gasteiger partial charge in [-0.1, -0.05) is 31.9 Å². The Kier molecular flexibility index (Phi) is 5.70. The number of nitro groups is 1. The molecule has 3 atom stereocenters. The SMILES string of the molecule is CCCC(NC1CCCC1CO)c1cccc([N+](=O)[O-])c1. The summed E-state index contributed by atoms with van der Waals surface area (Å²) >= 11 is 0. The minimum Gasteiger partial charge on any atom is -0.396 e. The Morgan fingerprint density at radius 2 is 2.29 bits per heavy atom. The van der Waals surface area contributed by atoms with Crippen molar-refractivity contribution < 1.29 is 10.0 Å². The predicted octanol–water partition coefficient (Wildman–Crippen LogP) is 3.19. The Morgan fingerprint density at radius 3 is 2.95 bits per heavy atom. The van der Waals surface area contributed by atoms with Crippen LogP contribution >= 0.6 is 0 Å². The van der Waals surface area contributed by atoms with Gasteiger partial charge in [0.15, 0.2) is 0 Å². The number of aliphatic hydroxyl groups excluding tert-OH is 1. The van der Waals surface area contributed by atoms with Crippen LogP contribution in [0.25, 0.3) is 0 Å². The lowest BCUT2D eigenvalue weighted by atomic mass is 9.98. The van der Waals surface area contributed by atoms with Crippen molar-refractivity contribution in [2.75, 3.05) is 6.61 Å². The van der Waals surface area contributed by atoms with E-state index in [1.54, 1.807) is 12.1 Å². The molecule has 116 valence electrons. The molecule has 0 spiro atoms. The Morgan fingerprint density at radius 1 is 1.48 bits per heavy atom. The highest BCUT2D eigenvalue weighted by Crippen LogP contribution is 2.30. The molecule has 0 bridgehead atoms. The lowest BCUT2D eigenvalue weighted by molar-refractivity contribution is -0.384. The first kappa shape index (κ1) is 15.9. The number of non-ortho nitro benzene ring substituents is 1. The van der Waals surface area contributed by atoms with E-state index in [2.05, 4.69) is 12.2 Å². The summed E-state index contributed by atoms with van der Waals surface area (Å²) in [7, 11) is 0. The van der Waals surface area contributed by atoms with Gasteiger partial charge < -0.3 is 10.4 Å². The molecule has 1 aliphatic carbocycles. The first-order valence-corrected chi connectivity index (χ1v) is 7.77. The molecule has 1 fully saturated rings. The summed E-state index contributed by atoms with van der Waals surface area (Å²) in [6.07, 6.45) is 5.21. The van der Waals surface area contributed by atoms with Crippen LogP contribution in [0.15, 0.2) is 24.3 Å². The number of benzene rings is 1. The Labute approximate surface area is 125 Å². The van der Waals surface area contributed by atoms with E-state index in [0.717, 1.165) is 37.7 Å². The Balaban J connectivity index is 2.14. The van der Waals surface area contributed by atoms with Crippen LogP contribution in [-0.4, -0.2) is 22.7 Å². The van der Waals surface area contributed by atoms with Gasteiger partial charge in [-0.25, -0.2) is 0 Å². The summed E-state index contributed by atoms with van der Waals surface area (Å²) < 4.78 is 0. The van der Waals surface area contributed by atoms with Crippen LogP contribution in [0.1, 0.15) is 50.6 Å². The maximum absolute atomic E-state index is 10.9. The molecule has 1 aromatic carbocycles. The summed E-state index contributed by atoms with van der Waals surface area (Å²) in [5, 5.41) is 24.0. The van der Waals surface area contributed by atoms with Gasteiger partial charge in [-0.3, -0.25) is 10.1 Å². The average Bonchev–Trinajstić information content (AvgIpc) is 2.94. The third-order valence-corrected chi connectivity index (χ3v) is 4.37. The van der Waals surface area contributed by atoms with Crippen LogP contribution in [0.3, 0.4) is 0 Å². The summed E-state index contributed by atoms with van der Waals surface area (Å²) in [5.41, 5.74) is 1.11. The lowest BCUT2D eigenvalue weighted by Crippen LogP contribution is -2.37. The number of hydrogen-bond acceptors (Lipinski definition) is 4. The molecule has 5 heteroatoms. The fourth-order valence-electron chi connectivity index (χ4n) is 3.22. The second kappa shape index (κ2) is 7.52. The van der Waals surface area contributed by atoms with Gasteiger partial charge in [-0.15, -0.1) is 0 Å². The van der Waals surface area contributed by atoms with E-state index in [1.165, 1.54) is 6.07 Å². The number of aliphatic hydroxyl groups is 1. The zero-order chi connectivity index (χ0) is 15.2. The van der Waals surface area contributed by atoms with Crippen molar-refractivity contribution >= 4 is 5.69 Å². The van der Waals surface area contributed by atoms with Crippen LogP contribution in [0, 0.1) is 16.0 Å². The van der Waals surface area contributed by atoms with E-state index in [1.807, 2.05) is 6.07 Å². The lowest BCUT2D eigenvalue weighted by Gasteiger charge is -2.26. The summed E-state index contributed by atoms with van der Waals surface area (Å²) in [4.78, 5) is 10.6. The minimum absolute atomic E-state index is 0.118. The van der Waals surface area contributed by atoms with E-state index in [0.29, 0.717) is 12.0 Å². The quantitative estimate of drug-likeness (QED) is 0.598. The highest BCUT2D eigenvalue weighted by Gasteiger charge is 2.28. The zero-order valence-electron chi connectivity index (χ0n) is 12.5. The fourth-order valence-corrected chi connectivity index (χ4v) is 3.22. The molecule has 2 N–H and O–H groups in total. The fraction of sp³-hybridized carbons (Fsp3) is 0.625. The minimum atomic E-state index is -0.349. The normalized spacial score (nSPS) is 23.1. The van der Waals surface area contributed by atoms with Crippen LogP contribution in [-0.2, 0) is 0 Å². The summed E-state index contributed by atoms with van der Waals surface area (Å²) in [5.74, 6) is 0.308. The number of nitro benzene ring substituents is 1. The van der Waals surface area contributed by atoms with Crippen molar-refractivity contribution in [3.05, 3.63) is 39.9 Å². The third kappa shape index (κ3) is 4.02. The van der Waals surface area contributed by atoms with Gasteiger partial charge in [-0.05, 0) is 30.7 Å². The molecule has 5 nitrogen and oxygen atoms in total. The van der Waals surface area contributed by atoms with E-state index in [4.69, 9.17) is 0 Å². The van der Waals surface area contributed by atoms with Gasteiger partial charge in [0.05, 0.1) is 4.92 Å². The van der Waals surface area contributed by atoms with Gasteiger partial charge in [0, 0.05) is 30.8 Å². The topological polar surface area (TPSA) is 75.4 Å². The summed E-state index contributed by atoms with van der Waals surface area (Å²) in [6, 6.07) is 7.31. The molecule has 0 heterocycles. The maximum Gasteiger partial charge on any atom is 0.269 e. The van der Waals surface area contributed by atoms with Gasteiger partial charge in [-0.2, -0.15) is 0 Å². The molecule has 2 rings (SSSR count). The molecule has 0 amide bonds. The first-order chi connectivity index (χ1) is 10.2. The first-order valence-electron chi connectivity index (χ1n) is 7.77. The molecule has 1 saturated carbocycles. The van der Waals surface area contributed by atoms with Crippen molar-refractivity contribution in [3.63, 3.8) is 0 Å². The van der Waals surface area contributed by atoms with Crippen molar-refractivity contribution in [2.45, 2.75) is 51.1 Å². The standard InChI is InChI=1S/C16H24N2O3/c1-2-5-15(17-16-9-4-7-13(16)11-19)12-6-3-8-14(10-12)18(20)21/h3,6,8,10,13,15-17,19H,2,4-5,7,9,11H2,1H3. The Hall–Kier alpha value is -1.46. The second-order valence-electron chi connectivity index (χ2n) is 5.84. The van der Waals surface area contributed by atoms with Crippen LogP contribution in [0.4, 0.5) is 5.69 Å². The van der Waals surface area contributed by atoms with Crippen LogP contribution in [0.2, 0.25) is 0 Å². The van der Waals surface area contributed by atoms with E-state index in [9.17, 15) is 15.2 Å². The van der Waals surface area contributed by atoms with E-state index >= 15 is 0 Å². The molecule has 3 unspecified atom stereocenters. The van der Waals surface area contributed by atoms with Crippen LogP contribution in [0.5, 0.6) is 0 Å². The van der Waals surface area contributed by atoms with Crippen molar-refractivity contribution in [2.24, 2.45) is 5.92 Å². The monoisotopic (exact) mass is 292 g/mol. The van der Waals surface area contributed by atoms with Gasteiger partial charge in [0.25, 0.3) is 5.69 Å².